The van der Waals surface area contributed by atoms with E-state index in [1.54, 1.807) is 67.6 Å². The van der Waals surface area contributed by atoms with E-state index < -0.39 is 28.5 Å². The summed E-state index contributed by atoms with van der Waals surface area (Å²) in [6, 6.07) is 19.2. The molecule has 0 unspecified atom stereocenters. The molecule has 0 aliphatic rings. The fourth-order valence-corrected chi connectivity index (χ4v) is 5.61. The molecule has 10 heteroatoms. The van der Waals surface area contributed by atoms with Crippen LogP contribution in [-0.4, -0.2) is 43.8 Å². The number of anilines is 1. The summed E-state index contributed by atoms with van der Waals surface area (Å²) >= 11 is 9.42. The van der Waals surface area contributed by atoms with Crippen LogP contribution >= 0.6 is 27.5 Å². The number of rotatable bonds is 11. The van der Waals surface area contributed by atoms with Crippen LogP contribution in [0.4, 0.5) is 5.69 Å². The van der Waals surface area contributed by atoms with Crippen molar-refractivity contribution in [1.29, 1.82) is 0 Å². The summed E-state index contributed by atoms with van der Waals surface area (Å²) in [5.41, 5.74) is 2.00. The zero-order chi connectivity index (χ0) is 28.7. The third-order valence-corrected chi connectivity index (χ3v) is 9.01. The lowest BCUT2D eigenvalue weighted by atomic mass is 10.1. The van der Waals surface area contributed by atoms with Crippen molar-refractivity contribution in [3.05, 3.63) is 93.4 Å². The number of carbonyl (C=O) groups is 2. The smallest absolute Gasteiger partial charge is 0.264 e. The fraction of sp³-hybridized carbons (Fsp3) is 0.310. The standard InChI is InChI=1S/C29H33BrClN3O4S/c1-5-21(3)32-29(36)22(4)33(18-23-8-12-25(31)13-9-23)28(35)19-34(26-14-10-24(30)11-15-26)39(37,38)27-16-6-20(2)7-17-27/h6-17,21-22H,5,18-19H2,1-4H3,(H,32,36)/t21-,22-/m0/s1. The molecule has 0 bridgehead atoms. The monoisotopic (exact) mass is 633 g/mol. The number of hydrogen-bond donors (Lipinski definition) is 1. The Morgan fingerprint density at radius 3 is 2.10 bits per heavy atom. The Bertz CT molecular complexity index is 1380. The van der Waals surface area contributed by atoms with Crippen molar-refractivity contribution in [2.24, 2.45) is 0 Å². The van der Waals surface area contributed by atoms with E-state index in [2.05, 4.69) is 21.2 Å². The van der Waals surface area contributed by atoms with Crippen molar-refractivity contribution in [3.8, 4) is 0 Å². The fourth-order valence-electron chi connectivity index (χ4n) is 3.81. The highest BCUT2D eigenvalue weighted by Crippen LogP contribution is 2.26. The second-order valence-electron chi connectivity index (χ2n) is 9.44. The van der Waals surface area contributed by atoms with Gasteiger partial charge in [0.15, 0.2) is 0 Å². The van der Waals surface area contributed by atoms with Gasteiger partial charge in [0.25, 0.3) is 10.0 Å². The van der Waals surface area contributed by atoms with E-state index in [-0.39, 0.29) is 23.4 Å². The van der Waals surface area contributed by atoms with E-state index in [9.17, 15) is 18.0 Å². The van der Waals surface area contributed by atoms with Gasteiger partial charge < -0.3 is 10.2 Å². The van der Waals surface area contributed by atoms with Crippen LogP contribution in [0.15, 0.2) is 82.2 Å². The third-order valence-electron chi connectivity index (χ3n) is 6.44. The van der Waals surface area contributed by atoms with Crippen molar-refractivity contribution in [2.45, 2.75) is 57.6 Å². The predicted octanol–water partition coefficient (Wildman–Crippen LogP) is 5.94. The molecule has 0 aliphatic heterocycles. The number of aryl methyl sites for hydroxylation is 1. The van der Waals surface area contributed by atoms with Crippen molar-refractivity contribution in [1.82, 2.24) is 10.2 Å². The molecule has 0 aromatic heterocycles. The average Bonchev–Trinajstić information content (AvgIpc) is 2.91. The Hall–Kier alpha value is -2.88. The molecule has 2 atom stereocenters. The largest absolute Gasteiger partial charge is 0.352 e. The first-order valence-electron chi connectivity index (χ1n) is 12.6. The van der Waals surface area contributed by atoms with E-state index in [1.807, 2.05) is 20.8 Å². The summed E-state index contributed by atoms with van der Waals surface area (Å²) in [5, 5.41) is 3.47. The van der Waals surface area contributed by atoms with Crippen molar-refractivity contribution >= 4 is 55.1 Å². The minimum Gasteiger partial charge on any atom is -0.352 e. The molecule has 0 saturated heterocycles. The first-order chi connectivity index (χ1) is 18.4. The normalized spacial score (nSPS) is 12.9. The molecule has 1 N–H and O–H groups in total. The number of carbonyl (C=O) groups excluding carboxylic acids is 2. The molecule has 0 aliphatic carbocycles. The van der Waals surface area contributed by atoms with Crippen LogP contribution in [0.2, 0.25) is 5.02 Å². The molecule has 0 heterocycles. The first-order valence-corrected chi connectivity index (χ1v) is 15.2. The van der Waals surface area contributed by atoms with E-state index in [0.717, 1.165) is 26.3 Å². The lowest BCUT2D eigenvalue weighted by Gasteiger charge is -2.32. The van der Waals surface area contributed by atoms with Gasteiger partial charge in [-0.1, -0.05) is 64.3 Å². The minimum absolute atomic E-state index is 0.0654. The summed E-state index contributed by atoms with van der Waals surface area (Å²) in [7, 11) is -4.11. The van der Waals surface area contributed by atoms with Crippen molar-refractivity contribution in [3.63, 3.8) is 0 Å². The van der Waals surface area contributed by atoms with Crippen LogP contribution in [0.3, 0.4) is 0 Å². The highest BCUT2D eigenvalue weighted by molar-refractivity contribution is 9.10. The molecule has 0 spiro atoms. The number of amides is 2. The van der Waals surface area contributed by atoms with Crippen LogP contribution < -0.4 is 9.62 Å². The molecule has 2 amide bonds. The van der Waals surface area contributed by atoms with Crippen LogP contribution in [0.1, 0.15) is 38.3 Å². The van der Waals surface area contributed by atoms with Gasteiger partial charge in [0.2, 0.25) is 11.8 Å². The van der Waals surface area contributed by atoms with E-state index in [4.69, 9.17) is 11.6 Å². The van der Waals surface area contributed by atoms with Gasteiger partial charge in [0.1, 0.15) is 12.6 Å². The van der Waals surface area contributed by atoms with Crippen LogP contribution in [0, 0.1) is 6.92 Å². The Labute approximate surface area is 244 Å². The molecule has 7 nitrogen and oxygen atoms in total. The molecular weight excluding hydrogens is 602 g/mol. The summed E-state index contributed by atoms with van der Waals surface area (Å²) in [5.74, 6) is -0.835. The number of halogens is 2. The maximum absolute atomic E-state index is 13.9. The number of nitrogens with one attached hydrogen (secondary N) is 1. The van der Waals surface area contributed by atoms with Crippen molar-refractivity contribution < 1.29 is 18.0 Å². The lowest BCUT2D eigenvalue weighted by Crippen LogP contribution is -2.52. The molecular formula is C29H33BrClN3O4S. The molecule has 39 heavy (non-hydrogen) atoms. The van der Waals surface area contributed by atoms with Gasteiger partial charge in [0, 0.05) is 22.1 Å². The Balaban J connectivity index is 2.01. The predicted molar refractivity (Wildman–Crippen MR) is 159 cm³/mol. The maximum atomic E-state index is 13.9. The summed E-state index contributed by atoms with van der Waals surface area (Å²) < 4.78 is 29.5. The maximum Gasteiger partial charge on any atom is 0.264 e. The zero-order valence-electron chi connectivity index (χ0n) is 22.4. The quantitative estimate of drug-likeness (QED) is 0.283. The van der Waals surface area contributed by atoms with Gasteiger partial charge in [-0.25, -0.2) is 8.42 Å². The molecule has 3 aromatic rings. The van der Waals surface area contributed by atoms with Gasteiger partial charge in [-0.05, 0) is 81.3 Å². The van der Waals surface area contributed by atoms with Crippen LogP contribution in [-0.2, 0) is 26.2 Å². The van der Waals surface area contributed by atoms with Crippen molar-refractivity contribution in [2.75, 3.05) is 10.8 Å². The number of hydrogen-bond acceptors (Lipinski definition) is 4. The van der Waals surface area contributed by atoms with E-state index in [0.29, 0.717) is 10.7 Å². The Morgan fingerprint density at radius 2 is 1.54 bits per heavy atom. The molecule has 0 radical (unpaired) electrons. The van der Waals surface area contributed by atoms with Gasteiger partial charge in [-0.15, -0.1) is 0 Å². The second-order valence-corrected chi connectivity index (χ2v) is 12.7. The SMILES string of the molecule is CC[C@H](C)NC(=O)[C@H](C)N(Cc1ccc(Cl)cc1)C(=O)CN(c1ccc(Br)cc1)S(=O)(=O)c1ccc(C)cc1. The Morgan fingerprint density at radius 1 is 0.949 bits per heavy atom. The number of sulfonamides is 1. The summed E-state index contributed by atoms with van der Waals surface area (Å²) in [6.07, 6.45) is 0.732. The first kappa shape index (κ1) is 30.7. The second kappa shape index (κ2) is 13.5. The molecule has 208 valence electrons. The van der Waals surface area contributed by atoms with E-state index in [1.165, 1.54) is 17.0 Å². The molecule has 3 rings (SSSR count). The lowest BCUT2D eigenvalue weighted by molar-refractivity contribution is -0.139. The van der Waals surface area contributed by atoms with Gasteiger partial charge in [-0.3, -0.25) is 13.9 Å². The topological polar surface area (TPSA) is 86.8 Å². The highest BCUT2D eigenvalue weighted by atomic mass is 79.9. The third kappa shape index (κ3) is 8.06. The zero-order valence-corrected chi connectivity index (χ0v) is 25.6. The summed E-state index contributed by atoms with van der Waals surface area (Å²) in [6.45, 7) is 6.96. The minimum atomic E-state index is -4.11. The average molecular weight is 635 g/mol. The van der Waals surface area contributed by atoms with Gasteiger partial charge >= 0.3 is 0 Å². The van der Waals surface area contributed by atoms with Gasteiger partial charge in [0.05, 0.1) is 10.6 Å². The summed E-state index contributed by atoms with van der Waals surface area (Å²) in [4.78, 5) is 28.5. The van der Waals surface area contributed by atoms with Crippen LogP contribution in [0.25, 0.3) is 0 Å². The van der Waals surface area contributed by atoms with Crippen LogP contribution in [0.5, 0.6) is 0 Å². The molecule has 0 saturated carbocycles. The van der Waals surface area contributed by atoms with E-state index >= 15 is 0 Å². The molecule has 3 aromatic carbocycles. The number of benzene rings is 3. The molecule has 0 fully saturated rings. The Kier molecular flexibility index (Phi) is 10.6. The van der Waals surface area contributed by atoms with Gasteiger partial charge in [-0.2, -0.15) is 0 Å². The highest BCUT2D eigenvalue weighted by Gasteiger charge is 2.32. The number of nitrogens with zero attached hydrogens (tertiary/aromatic N) is 2.